The monoisotopic (exact) mass is 568 g/mol. The molecule has 0 aliphatic carbocycles. The van der Waals surface area contributed by atoms with Crippen molar-refractivity contribution in [3.63, 3.8) is 0 Å². The van der Waals surface area contributed by atoms with Crippen LogP contribution in [-0.2, 0) is 28.4 Å². The summed E-state index contributed by atoms with van der Waals surface area (Å²) in [7, 11) is 0. The highest BCUT2D eigenvalue weighted by Gasteiger charge is 2.20. The van der Waals surface area contributed by atoms with Crippen molar-refractivity contribution in [1.29, 1.82) is 0 Å². The summed E-state index contributed by atoms with van der Waals surface area (Å²) >= 11 is 0. The second-order valence-corrected chi connectivity index (χ2v) is 12.8. The summed E-state index contributed by atoms with van der Waals surface area (Å²) in [5.41, 5.74) is 16.8. The molecule has 0 fully saturated rings. The van der Waals surface area contributed by atoms with Crippen LogP contribution in [0.5, 0.6) is 0 Å². The lowest BCUT2D eigenvalue weighted by Gasteiger charge is -2.28. The van der Waals surface area contributed by atoms with Gasteiger partial charge in [0.2, 0.25) is 0 Å². The average molecular weight is 568 g/mol. The standard InChI is InChI=1S/C12H27NO2.C10H23NO2.C8H19NO2/c1-6-10(3)8-14-12(4,5)15-9-11(13)7-2;1-9(2,3)6-12-8-13-7-10(4,5)11;1-4-7(2)10-6-11-8(3)5-9/h10-11H,6-9,13H2,1-5H3;6-8,11H2,1-5H3;7-8H,4-6,9H2,1-3H3. The summed E-state index contributed by atoms with van der Waals surface area (Å²) in [4.78, 5) is 0. The zero-order chi connectivity index (χ0) is 31.1. The molecule has 0 bridgehead atoms. The van der Waals surface area contributed by atoms with Crippen LogP contribution in [0, 0.1) is 11.3 Å². The molecule has 6 N–H and O–H groups in total. The summed E-state index contributed by atoms with van der Waals surface area (Å²) in [6.45, 7) is 30.3. The molecule has 39 heavy (non-hydrogen) atoms. The lowest BCUT2D eigenvalue weighted by Crippen LogP contribution is -2.37. The molecule has 9 nitrogen and oxygen atoms in total. The van der Waals surface area contributed by atoms with Gasteiger partial charge in [0.1, 0.15) is 13.6 Å². The first-order chi connectivity index (χ1) is 17.8. The second kappa shape index (κ2) is 24.3. The van der Waals surface area contributed by atoms with Gasteiger partial charge >= 0.3 is 0 Å². The van der Waals surface area contributed by atoms with Crippen molar-refractivity contribution in [3.8, 4) is 0 Å². The average Bonchev–Trinajstić information content (AvgIpc) is 2.84. The van der Waals surface area contributed by atoms with Crippen molar-refractivity contribution < 1.29 is 28.4 Å². The largest absolute Gasteiger partial charge is 0.355 e. The van der Waals surface area contributed by atoms with Gasteiger partial charge in [-0.3, -0.25) is 0 Å². The number of ether oxygens (including phenoxy) is 6. The first-order valence-electron chi connectivity index (χ1n) is 14.7. The fraction of sp³-hybridized carbons (Fsp3) is 1.00. The third-order valence-corrected chi connectivity index (χ3v) is 5.37. The molecular formula is C30H69N3O6. The third-order valence-electron chi connectivity index (χ3n) is 5.37. The highest BCUT2D eigenvalue weighted by molar-refractivity contribution is 4.69. The third kappa shape index (κ3) is 37.6. The Morgan fingerprint density at radius 2 is 1.18 bits per heavy atom. The lowest BCUT2D eigenvalue weighted by atomic mass is 9.99. The van der Waals surface area contributed by atoms with Crippen LogP contribution in [-0.4, -0.2) is 76.1 Å². The van der Waals surface area contributed by atoms with Crippen LogP contribution < -0.4 is 17.2 Å². The van der Waals surface area contributed by atoms with Crippen LogP contribution in [0.4, 0.5) is 0 Å². The minimum atomic E-state index is -0.518. The second-order valence-electron chi connectivity index (χ2n) is 12.8. The van der Waals surface area contributed by atoms with Gasteiger partial charge in [-0.1, -0.05) is 54.9 Å². The van der Waals surface area contributed by atoms with E-state index in [1.807, 2.05) is 41.5 Å². The van der Waals surface area contributed by atoms with Gasteiger partial charge in [-0.05, 0) is 65.7 Å². The molecule has 9 heteroatoms. The Bertz CT molecular complexity index is 482. The van der Waals surface area contributed by atoms with Crippen molar-refractivity contribution in [3.05, 3.63) is 0 Å². The number of hydrogen-bond donors (Lipinski definition) is 3. The van der Waals surface area contributed by atoms with Crippen LogP contribution in [0.1, 0.15) is 109 Å². The summed E-state index contributed by atoms with van der Waals surface area (Å²) in [6, 6.07) is 0.108. The Hall–Kier alpha value is -0.360. The van der Waals surface area contributed by atoms with E-state index in [0.717, 1.165) is 25.9 Å². The molecule has 0 aromatic heterocycles. The first-order valence-corrected chi connectivity index (χ1v) is 14.7. The Balaban J connectivity index is -0.000000505. The van der Waals surface area contributed by atoms with Gasteiger partial charge in [-0.25, -0.2) is 0 Å². The highest BCUT2D eigenvalue weighted by Crippen LogP contribution is 2.15. The van der Waals surface area contributed by atoms with E-state index >= 15 is 0 Å². The van der Waals surface area contributed by atoms with E-state index in [2.05, 4.69) is 48.5 Å². The maximum atomic E-state index is 5.78. The molecule has 0 heterocycles. The first kappa shape index (κ1) is 43.1. The number of hydrogen-bond acceptors (Lipinski definition) is 9. The quantitative estimate of drug-likeness (QED) is 0.138. The molecule has 0 aromatic rings. The summed E-state index contributed by atoms with van der Waals surface area (Å²) in [6.07, 6.45) is 3.45. The lowest BCUT2D eigenvalue weighted by molar-refractivity contribution is -0.220. The highest BCUT2D eigenvalue weighted by atomic mass is 16.7. The van der Waals surface area contributed by atoms with Gasteiger partial charge in [-0.15, -0.1) is 0 Å². The fourth-order valence-corrected chi connectivity index (χ4v) is 2.10. The van der Waals surface area contributed by atoms with Crippen LogP contribution in [0.3, 0.4) is 0 Å². The summed E-state index contributed by atoms with van der Waals surface area (Å²) in [5.74, 6) is 0.0590. The molecule has 0 saturated carbocycles. The molecule has 0 aliphatic heterocycles. The zero-order valence-corrected chi connectivity index (χ0v) is 28.1. The molecule has 0 saturated heterocycles. The van der Waals surface area contributed by atoms with Crippen LogP contribution in [0.15, 0.2) is 0 Å². The van der Waals surface area contributed by atoms with E-state index in [-0.39, 0.29) is 29.2 Å². The van der Waals surface area contributed by atoms with Crippen LogP contribution >= 0.6 is 0 Å². The molecule has 0 radical (unpaired) electrons. The predicted molar refractivity (Wildman–Crippen MR) is 164 cm³/mol. The number of rotatable bonds is 19. The Labute approximate surface area is 242 Å². The molecular weight excluding hydrogens is 498 g/mol. The van der Waals surface area contributed by atoms with Gasteiger partial charge < -0.3 is 45.6 Å². The number of nitrogens with two attached hydrogens (primary N) is 3. The van der Waals surface area contributed by atoms with E-state index in [1.165, 1.54) is 0 Å². The van der Waals surface area contributed by atoms with E-state index in [1.54, 1.807) is 0 Å². The van der Waals surface area contributed by atoms with Gasteiger partial charge in [0.05, 0.1) is 38.6 Å². The minimum absolute atomic E-state index is 0.0963. The molecule has 4 atom stereocenters. The van der Waals surface area contributed by atoms with Gasteiger partial charge in [0.15, 0.2) is 5.79 Å². The topological polar surface area (TPSA) is 133 Å². The normalized spacial score (nSPS) is 15.4. The Morgan fingerprint density at radius 3 is 1.62 bits per heavy atom. The summed E-state index contributed by atoms with van der Waals surface area (Å²) < 4.78 is 32.4. The van der Waals surface area contributed by atoms with E-state index in [0.29, 0.717) is 45.9 Å². The smallest absolute Gasteiger partial charge is 0.162 e. The van der Waals surface area contributed by atoms with Gasteiger partial charge in [0, 0.05) is 18.1 Å². The van der Waals surface area contributed by atoms with Gasteiger partial charge in [0.25, 0.3) is 0 Å². The van der Waals surface area contributed by atoms with E-state index < -0.39 is 5.79 Å². The van der Waals surface area contributed by atoms with Crippen LogP contribution in [0.2, 0.25) is 0 Å². The predicted octanol–water partition coefficient (Wildman–Crippen LogP) is 5.42. The van der Waals surface area contributed by atoms with E-state index in [4.69, 9.17) is 45.6 Å². The van der Waals surface area contributed by atoms with Crippen LogP contribution in [0.25, 0.3) is 0 Å². The zero-order valence-electron chi connectivity index (χ0n) is 28.1. The summed E-state index contributed by atoms with van der Waals surface area (Å²) in [5, 5.41) is 0. The van der Waals surface area contributed by atoms with Crippen molar-refractivity contribution in [2.75, 3.05) is 46.6 Å². The molecule has 240 valence electrons. The van der Waals surface area contributed by atoms with E-state index in [9.17, 15) is 0 Å². The molecule has 0 aliphatic rings. The minimum Gasteiger partial charge on any atom is -0.355 e. The fourth-order valence-electron chi connectivity index (χ4n) is 2.10. The SMILES string of the molecule is CC(C)(C)COCOCC(C)(C)N.CCC(C)COC(C)(C)OCC(N)CC.CCC(C)OCOC(C)CN. The van der Waals surface area contributed by atoms with Gasteiger partial charge in [-0.2, -0.15) is 0 Å². The van der Waals surface area contributed by atoms with Crippen molar-refractivity contribution in [1.82, 2.24) is 0 Å². The molecule has 0 aromatic carbocycles. The molecule has 0 amide bonds. The maximum Gasteiger partial charge on any atom is 0.162 e. The van der Waals surface area contributed by atoms with Crippen molar-refractivity contribution >= 4 is 0 Å². The molecule has 0 spiro atoms. The Kier molecular flexibility index (Phi) is 26.8. The molecule has 4 unspecified atom stereocenters. The van der Waals surface area contributed by atoms with Crippen molar-refractivity contribution in [2.24, 2.45) is 28.5 Å². The maximum absolute atomic E-state index is 5.78. The Morgan fingerprint density at radius 1 is 0.667 bits per heavy atom. The molecule has 0 rings (SSSR count). The van der Waals surface area contributed by atoms with Crippen molar-refractivity contribution in [2.45, 2.75) is 139 Å².